The highest BCUT2D eigenvalue weighted by Crippen LogP contribution is 2.28. The molecule has 0 aromatic heterocycles. The zero-order chi connectivity index (χ0) is 40.5. The molecule has 1 aliphatic rings. The Bertz CT molecular complexity index is 1480. The summed E-state index contributed by atoms with van der Waals surface area (Å²) in [6, 6.07) is -5.23. The first kappa shape index (κ1) is 45.0. The summed E-state index contributed by atoms with van der Waals surface area (Å²) in [6.45, 7) is -3.25. The van der Waals surface area contributed by atoms with Gasteiger partial charge in [-0.3, -0.25) is 44.0 Å². The first-order chi connectivity index (χ1) is 25.6. The Kier molecular flexibility index (Phi) is 18.4. The fraction of sp³-hybridized carbons (Fsp3) is 0.581. The summed E-state index contributed by atoms with van der Waals surface area (Å²) in [4.78, 5) is 88.8. The van der Waals surface area contributed by atoms with Crippen LogP contribution in [0.25, 0.3) is 0 Å². The average Bonchev–Trinajstić information content (AvgIpc) is 3.15. The molecule has 54 heavy (non-hydrogen) atoms. The smallest absolute Gasteiger partial charge is 0.270 e. The van der Waals surface area contributed by atoms with Gasteiger partial charge in [-0.25, -0.2) is 10.1 Å². The number of benzene rings is 1. The number of nitrogens with one attached hydrogen (secondary N) is 5. The molecule has 1 aliphatic heterocycles. The van der Waals surface area contributed by atoms with Crippen LogP contribution in [0.5, 0.6) is 11.5 Å². The zero-order valence-electron chi connectivity index (χ0n) is 29.2. The van der Waals surface area contributed by atoms with Crippen LogP contribution in [0.4, 0.5) is 0 Å². The van der Waals surface area contributed by atoms with Crippen LogP contribution in [0.15, 0.2) is 18.2 Å². The monoisotopic (exact) mass is 771 g/mol. The van der Waals surface area contributed by atoms with E-state index >= 15 is 0 Å². The van der Waals surface area contributed by atoms with Crippen LogP contribution in [0, 0.1) is 0 Å². The van der Waals surface area contributed by atoms with Crippen molar-refractivity contribution in [1.82, 2.24) is 36.7 Å². The number of amides is 7. The Hall–Kier alpha value is -5.17. The molecule has 7 amide bonds. The molecule has 23 heteroatoms. The van der Waals surface area contributed by atoms with Crippen LogP contribution in [0.2, 0.25) is 0 Å². The normalized spacial score (nSPS) is 16.9. The van der Waals surface area contributed by atoms with Gasteiger partial charge in [-0.15, -0.1) is 0 Å². The molecule has 1 fully saturated rings. The van der Waals surface area contributed by atoms with Crippen molar-refractivity contribution in [2.45, 2.75) is 74.8 Å². The topological polar surface area (TPSA) is 380 Å². The van der Waals surface area contributed by atoms with Crippen LogP contribution >= 0.6 is 0 Å². The molecule has 1 heterocycles. The average molecular weight is 772 g/mol. The maximum Gasteiger partial charge on any atom is 0.270 e. The lowest BCUT2D eigenvalue weighted by molar-refractivity contribution is -0.173. The van der Waals surface area contributed by atoms with Crippen molar-refractivity contribution >= 4 is 41.4 Å². The summed E-state index contributed by atoms with van der Waals surface area (Å²) in [6.07, 6.45) is 0.693. The van der Waals surface area contributed by atoms with E-state index in [1.54, 1.807) is 0 Å². The van der Waals surface area contributed by atoms with E-state index in [0.717, 1.165) is 12.1 Å². The van der Waals surface area contributed by atoms with E-state index in [2.05, 4.69) is 26.6 Å². The Balaban J connectivity index is 1.96. The van der Waals surface area contributed by atoms with E-state index in [-0.39, 0.29) is 43.8 Å². The van der Waals surface area contributed by atoms with E-state index in [0.29, 0.717) is 17.9 Å². The maximum absolute atomic E-state index is 13.2. The summed E-state index contributed by atoms with van der Waals surface area (Å²) in [5.41, 5.74) is 11.0. The number of nitrogens with zero attached hydrogens (tertiary/aromatic N) is 2. The molecule has 0 unspecified atom stereocenters. The Morgan fingerprint density at radius 2 is 1.41 bits per heavy atom. The molecule has 0 spiro atoms. The maximum atomic E-state index is 13.2. The van der Waals surface area contributed by atoms with Crippen molar-refractivity contribution in [2.75, 3.05) is 39.5 Å². The van der Waals surface area contributed by atoms with Crippen molar-refractivity contribution in [2.24, 2.45) is 11.5 Å². The molecule has 0 aliphatic carbocycles. The minimum absolute atomic E-state index is 0.0436. The van der Waals surface area contributed by atoms with Crippen LogP contribution in [-0.2, 0) is 28.8 Å². The third-order valence-corrected chi connectivity index (χ3v) is 8.21. The van der Waals surface area contributed by atoms with Crippen LogP contribution < -0.4 is 38.1 Å². The molecule has 1 aromatic carbocycles. The predicted molar refractivity (Wildman–Crippen MR) is 182 cm³/mol. The highest BCUT2D eigenvalue weighted by Gasteiger charge is 2.33. The van der Waals surface area contributed by atoms with E-state index in [1.165, 1.54) is 6.07 Å². The Labute approximate surface area is 308 Å². The van der Waals surface area contributed by atoms with E-state index < -0.39 is 121 Å². The minimum atomic E-state index is -1.77. The second kappa shape index (κ2) is 22.1. The summed E-state index contributed by atoms with van der Waals surface area (Å²) >= 11 is 0. The highest BCUT2D eigenvalue weighted by molar-refractivity contribution is 6.01. The van der Waals surface area contributed by atoms with Gasteiger partial charge in [0, 0.05) is 13.1 Å². The Morgan fingerprint density at radius 1 is 0.833 bits per heavy atom. The van der Waals surface area contributed by atoms with E-state index in [9.17, 15) is 69.5 Å². The number of nitrogens with two attached hydrogens (primary N) is 2. The van der Waals surface area contributed by atoms with Gasteiger partial charge in [0.25, 0.3) is 17.7 Å². The van der Waals surface area contributed by atoms with Gasteiger partial charge in [-0.05, 0) is 57.2 Å². The van der Waals surface area contributed by atoms with Gasteiger partial charge >= 0.3 is 0 Å². The van der Waals surface area contributed by atoms with Crippen molar-refractivity contribution in [3.63, 3.8) is 0 Å². The molecule has 0 saturated carbocycles. The molecule has 23 nitrogen and oxygen atoms in total. The molecule has 1 aromatic rings. The van der Waals surface area contributed by atoms with Gasteiger partial charge in [0.2, 0.25) is 23.6 Å². The number of aliphatic hydroxyl groups is 3. The number of hydroxylamine groups is 4. The number of carbonyl (C=O) groups is 7. The van der Waals surface area contributed by atoms with Gasteiger partial charge in [0.1, 0.15) is 30.2 Å². The number of hydrogen-bond donors (Lipinski definition) is 14. The lowest BCUT2D eigenvalue weighted by Gasteiger charge is -2.28. The first-order valence-corrected chi connectivity index (χ1v) is 16.9. The molecule has 6 atom stereocenters. The number of aromatic hydroxyl groups is 2. The van der Waals surface area contributed by atoms with E-state index in [4.69, 9.17) is 11.5 Å². The lowest BCUT2D eigenvalue weighted by Crippen LogP contribution is -2.60. The summed E-state index contributed by atoms with van der Waals surface area (Å²) in [5, 5.41) is 80.5. The molecule has 0 bridgehead atoms. The number of piperidine rings is 1. The SMILES string of the molecule is NCCC[C@H](NC(=O)[C@@H](CO)NC(=O)c1cccc(O)c1O)C(=O)N[C@H](CO)C(=O)N[C@@H](CO)C(=O)N(O)CCC[C@H](N)C(=O)N[C@H]1CCCN(O)C1=O. The second-order valence-electron chi connectivity index (χ2n) is 12.2. The number of phenols is 2. The largest absolute Gasteiger partial charge is 0.504 e. The summed E-state index contributed by atoms with van der Waals surface area (Å²) in [5.74, 6) is -8.31. The summed E-state index contributed by atoms with van der Waals surface area (Å²) < 4.78 is 0. The quantitative estimate of drug-likeness (QED) is 0.0314. The van der Waals surface area contributed by atoms with Gasteiger partial charge in [0.15, 0.2) is 11.5 Å². The lowest BCUT2D eigenvalue weighted by atomic mass is 10.0. The number of carbonyl (C=O) groups excluding carboxylic acids is 7. The predicted octanol–water partition coefficient (Wildman–Crippen LogP) is -5.81. The van der Waals surface area contributed by atoms with E-state index in [1.807, 2.05) is 0 Å². The van der Waals surface area contributed by atoms with Crippen LogP contribution in [0.3, 0.4) is 0 Å². The minimum Gasteiger partial charge on any atom is -0.504 e. The molecule has 302 valence electrons. The third kappa shape index (κ3) is 13.0. The second-order valence-corrected chi connectivity index (χ2v) is 12.2. The molecular formula is C31H49N9O14. The van der Waals surface area contributed by atoms with Crippen molar-refractivity contribution in [1.29, 1.82) is 0 Å². The first-order valence-electron chi connectivity index (χ1n) is 16.9. The number of phenolic OH excluding ortho intramolecular Hbond substituents is 2. The third-order valence-electron chi connectivity index (χ3n) is 8.21. The number of para-hydroxylation sites is 1. The molecule has 1 saturated heterocycles. The highest BCUT2D eigenvalue weighted by atomic mass is 16.5. The molecular weight excluding hydrogens is 722 g/mol. The fourth-order valence-electron chi connectivity index (χ4n) is 5.09. The molecule has 2 rings (SSSR count). The number of aliphatic hydroxyl groups excluding tert-OH is 3. The van der Waals surface area contributed by atoms with Crippen molar-refractivity contribution in [3.8, 4) is 11.5 Å². The fourth-order valence-corrected chi connectivity index (χ4v) is 5.09. The summed E-state index contributed by atoms with van der Waals surface area (Å²) in [7, 11) is 0. The van der Waals surface area contributed by atoms with Gasteiger partial charge < -0.3 is 63.6 Å². The molecule has 0 radical (unpaired) electrons. The van der Waals surface area contributed by atoms with Gasteiger partial charge in [-0.1, -0.05) is 6.07 Å². The molecule has 16 N–H and O–H groups in total. The Morgan fingerprint density at radius 3 is 2.02 bits per heavy atom. The number of hydrogen-bond acceptors (Lipinski definition) is 16. The van der Waals surface area contributed by atoms with Crippen molar-refractivity contribution < 1.29 is 69.5 Å². The zero-order valence-corrected chi connectivity index (χ0v) is 29.2. The van der Waals surface area contributed by atoms with Gasteiger partial charge in [-0.2, -0.15) is 0 Å². The van der Waals surface area contributed by atoms with Crippen LogP contribution in [-0.4, -0.2) is 163 Å². The number of rotatable bonds is 21. The standard InChI is InChI=1S/C31H49N9O14/c32-10-2-7-18(34-28(49)20(13-41)36-25(46)16-5-1-9-23(44)24(16)45)27(48)37-21(14-42)29(50)38-22(15-43)31(52)40(54)11-3-6-17(33)26(47)35-19-8-4-12-39(53)30(19)51/h1,5,9,17-22,41-45,53-54H,2-4,6-8,10-15,32-33H2,(H,34,49)(H,35,47)(H,36,46)(H,37,48)(H,38,50)/t17-,18-,19-,20+,21+,22-/m0/s1. The van der Waals surface area contributed by atoms with Crippen LogP contribution in [0.1, 0.15) is 48.9 Å². The van der Waals surface area contributed by atoms with Crippen molar-refractivity contribution in [3.05, 3.63) is 23.8 Å². The van der Waals surface area contributed by atoms with Gasteiger partial charge in [0.05, 0.1) is 31.4 Å².